The van der Waals surface area contributed by atoms with Crippen molar-refractivity contribution in [1.82, 2.24) is 34.5 Å². The molecule has 1 unspecified atom stereocenters. The van der Waals surface area contributed by atoms with Crippen molar-refractivity contribution in [1.29, 1.82) is 0 Å². The quantitative estimate of drug-likeness (QED) is 0.653. The molecular formula is C20H30N8O2. The topological polar surface area (TPSA) is 92.5 Å². The first-order chi connectivity index (χ1) is 14.6. The maximum absolute atomic E-state index is 13.0. The summed E-state index contributed by atoms with van der Waals surface area (Å²) >= 11 is 0. The summed E-state index contributed by atoms with van der Waals surface area (Å²) in [6.45, 7) is 3.95. The number of likely N-dealkylation sites (N-methyl/N-ethyl adjacent to an activating group) is 1. The van der Waals surface area contributed by atoms with Crippen LogP contribution in [0.1, 0.15) is 25.7 Å². The second-order valence-corrected chi connectivity index (χ2v) is 8.01. The number of hydrogen-bond donors (Lipinski definition) is 0. The molecule has 2 aromatic rings. The summed E-state index contributed by atoms with van der Waals surface area (Å²) in [4.78, 5) is 32.0. The third kappa shape index (κ3) is 4.69. The average molecular weight is 415 g/mol. The van der Waals surface area contributed by atoms with Crippen LogP contribution in [0.3, 0.4) is 0 Å². The molecule has 2 fully saturated rings. The molecule has 0 bridgehead atoms. The minimum Gasteiger partial charge on any atom is -0.467 e. The number of ether oxygens (including phenoxy) is 1. The van der Waals surface area contributed by atoms with Gasteiger partial charge in [-0.25, -0.2) is 9.97 Å². The number of carbonyl (C=O) groups excluding carboxylic acids is 1. The fraction of sp³-hybridized carbons (Fsp3) is 0.650. The molecule has 10 heteroatoms. The number of aromatic nitrogens is 5. The van der Waals surface area contributed by atoms with Crippen LogP contribution >= 0.6 is 0 Å². The van der Waals surface area contributed by atoms with E-state index in [2.05, 4.69) is 29.9 Å². The van der Waals surface area contributed by atoms with Crippen molar-refractivity contribution in [3.63, 3.8) is 0 Å². The number of amides is 1. The van der Waals surface area contributed by atoms with E-state index in [1.807, 2.05) is 22.7 Å². The van der Waals surface area contributed by atoms with Gasteiger partial charge in [0.25, 0.3) is 0 Å². The lowest BCUT2D eigenvalue weighted by atomic mass is 10.0. The number of likely N-dealkylation sites (tertiary alicyclic amines) is 1. The van der Waals surface area contributed by atoms with E-state index in [9.17, 15) is 4.79 Å². The van der Waals surface area contributed by atoms with Crippen molar-refractivity contribution in [2.24, 2.45) is 0 Å². The van der Waals surface area contributed by atoms with Crippen molar-refractivity contribution < 1.29 is 9.53 Å². The van der Waals surface area contributed by atoms with Crippen LogP contribution in [0.2, 0.25) is 0 Å². The second kappa shape index (κ2) is 9.38. The van der Waals surface area contributed by atoms with Gasteiger partial charge in [-0.3, -0.25) is 14.4 Å². The summed E-state index contributed by atoms with van der Waals surface area (Å²) in [7, 11) is 3.52. The predicted octanol–water partition coefficient (Wildman–Crippen LogP) is 0.669. The van der Waals surface area contributed by atoms with Gasteiger partial charge in [-0.15, -0.1) is 0 Å². The molecule has 1 amide bonds. The van der Waals surface area contributed by atoms with Gasteiger partial charge in [0.1, 0.15) is 18.5 Å². The number of hydrogen-bond acceptors (Lipinski definition) is 8. The van der Waals surface area contributed by atoms with Crippen molar-refractivity contribution in [3.8, 4) is 6.01 Å². The van der Waals surface area contributed by atoms with E-state index in [0.717, 1.165) is 57.7 Å². The van der Waals surface area contributed by atoms with Gasteiger partial charge >= 0.3 is 6.01 Å². The van der Waals surface area contributed by atoms with Gasteiger partial charge in [-0.05, 0) is 38.3 Å². The minimum atomic E-state index is 0.197. The number of piperidine rings is 1. The van der Waals surface area contributed by atoms with Crippen LogP contribution in [0.4, 0.5) is 5.82 Å². The third-order valence-electron chi connectivity index (χ3n) is 6.23. The SMILES string of the molecule is COc1nccc(N2CCC(N(C)C(=O)CN3CCCC3Cn3cncn3)CC2)n1. The Morgan fingerprint density at radius 2 is 2.10 bits per heavy atom. The Morgan fingerprint density at radius 1 is 1.27 bits per heavy atom. The Morgan fingerprint density at radius 3 is 2.83 bits per heavy atom. The molecule has 4 rings (SSSR count). The van der Waals surface area contributed by atoms with Crippen molar-refractivity contribution >= 4 is 11.7 Å². The Balaban J connectivity index is 1.28. The van der Waals surface area contributed by atoms with Crippen molar-refractivity contribution in [2.75, 3.05) is 45.2 Å². The van der Waals surface area contributed by atoms with Gasteiger partial charge in [0.15, 0.2) is 0 Å². The molecule has 10 nitrogen and oxygen atoms in total. The van der Waals surface area contributed by atoms with Gasteiger partial charge in [0.2, 0.25) is 5.91 Å². The van der Waals surface area contributed by atoms with Crippen LogP contribution in [-0.2, 0) is 11.3 Å². The molecule has 2 aliphatic rings. The highest BCUT2D eigenvalue weighted by Crippen LogP contribution is 2.23. The van der Waals surface area contributed by atoms with E-state index in [4.69, 9.17) is 4.74 Å². The Labute approximate surface area is 176 Å². The Hall–Kier alpha value is -2.75. The highest BCUT2D eigenvalue weighted by Gasteiger charge is 2.31. The summed E-state index contributed by atoms with van der Waals surface area (Å²) in [5, 5.41) is 4.21. The molecule has 0 N–H and O–H groups in total. The fourth-order valence-corrected chi connectivity index (χ4v) is 4.43. The molecule has 0 aromatic carbocycles. The van der Waals surface area contributed by atoms with E-state index in [-0.39, 0.29) is 11.9 Å². The second-order valence-electron chi connectivity index (χ2n) is 8.01. The summed E-state index contributed by atoms with van der Waals surface area (Å²) < 4.78 is 6.98. The van der Waals surface area contributed by atoms with Crippen molar-refractivity contribution in [2.45, 2.75) is 44.3 Å². The zero-order valence-electron chi connectivity index (χ0n) is 17.7. The first kappa shape index (κ1) is 20.5. The Bertz CT molecular complexity index is 822. The largest absolute Gasteiger partial charge is 0.467 e. The molecule has 0 saturated carbocycles. The monoisotopic (exact) mass is 414 g/mol. The predicted molar refractivity (Wildman–Crippen MR) is 111 cm³/mol. The van der Waals surface area contributed by atoms with Crippen LogP contribution < -0.4 is 9.64 Å². The van der Waals surface area contributed by atoms with Crippen LogP contribution in [-0.4, -0.2) is 92.9 Å². The van der Waals surface area contributed by atoms with E-state index < -0.39 is 0 Å². The lowest BCUT2D eigenvalue weighted by Gasteiger charge is -2.38. The number of methoxy groups -OCH3 is 1. The molecule has 2 saturated heterocycles. The molecule has 4 heterocycles. The summed E-state index contributed by atoms with van der Waals surface area (Å²) in [5.74, 6) is 1.07. The molecule has 0 radical (unpaired) electrons. The molecule has 30 heavy (non-hydrogen) atoms. The van der Waals surface area contributed by atoms with Crippen LogP contribution in [0.25, 0.3) is 0 Å². The maximum Gasteiger partial charge on any atom is 0.318 e. The summed E-state index contributed by atoms with van der Waals surface area (Å²) in [6.07, 6.45) is 9.09. The number of rotatable bonds is 7. The van der Waals surface area contributed by atoms with E-state index in [0.29, 0.717) is 18.6 Å². The number of carbonyl (C=O) groups is 1. The van der Waals surface area contributed by atoms with Crippen LogP contribution in [0, 0.1) is 0 Å². The molecule has 2 aromatic heterocycles. The van der Waals surface area contributed by atoms with Gasteiger partial charge in [0.05, 0.1) is 20.2 Å². The maximum atomic E-state index is 13.0. The first-order valence-corrected chi connectivity index (χ1v) is 10.6. The first-order valence-electron chi connectivity index (χ1n) is 10.6. The minimum absolute atomic E-state index is 0.197. The number of nitrogens with zero attached hydrogens (tertiary/aromatic N) is 8. The summed E-state index contributed by atoms with van der Waals surface area (Å²) in [6, 6.07) is 2.89. The lowest BCUT2D eigenvalue weighted by Crippen LogP contribution is -2.49. The standard InChI is InChI=1S/C20H30N8O2/c1-25(16-6-10-26(11-7-16)18-5-8-22-20(24-18)30-2)19(29)13-27-9-3-4-17(27)12-28-15-21-14-23-28/h5,8,14-17H,3-4,6-7,9-13H2,1-2H3. The zero-order valence-corrected chi connectivity index (χ0v) is 17.7. The van der Waals surface area contributed by atoms with Crippen LogP contribution in [0.5, 0.6) is 6.01 Å². The lowest BCUT2D eigenvalue weighted by molar-refractivity contribution is -0.133. The van der Waals surface area contributed by atoms with Gasteiger partial charge in [-0.2, -0.15) is 10.1 Å². The molecule has 1 atom stereocenters. The van der Waals surface area contributed by atoms with Gasteiger partial charge in [0, 0.05) is 38.4 Å². The normalized spacial score (nSPS) is 20.5. The molecule has 0 aliphatic carbocycles. The highest BCUT2D eigenvalue weighted by atomic mass is 16.5. The smallest absolute Gasteiger partial charge is 0.318 e. The third-order valence-corrected chi connectivity index (χ3v) is 6.23. The fourth-order valence-electron chi connectivity index (χ4n) is 4.43. The van der Waals surface area contributed by atoms with Gasteiger partial charge < -0.3 is 14.5 Å². The van der Waals surface area contributed by atoms with Crippen LogP contribution in [0.15, 0.2) is 24.9 Å². The van der Waals surface area contributed by atoms with E-state index in [1.54, 1.807) is 26.0 Å². The van der Waals surface area contributed by atoms with Gasteiger partial charge in [-0.1, -0.05) is 0 Å². The van der Waals surface area contributed by atoms with Crippen molar-refractivity contribution in [3.05, 3.63) is 24.9 Å². The van der Waals surface area contributed by atoms with E-state index in [1.165, 1.54) is 0 Å². The molecule has 2 aliphatic heterocycles. The Kier molecular flexibility index (Phi) is 6.41. The molecule has 162 valence electrons. The highest BCUT2D eigenvalue weighted by molar-refractivity contribution is 5.78. The molecular weight excluding hydrogens is 384 g/mol. The average Bonchev–Trinajstić information content (AvgIpc) is 3.46. The number of anilines is 1. The molecule has 0 spiro atoms. The van der Waals surface area contributed by atoms with E-state index >= 15 is 0 Å². The summed E-state index contributed by atoms with van der Waals surface area (Å²) in [5.41, 5.74) is 0. The zero-order chi connectivity index (χ0) is 20.9.